The molecule has 8 heteroatoms. The zero-order valence-electron chi connectivity index (χ0n) is 17.7. The van der Waals surface area contributed by atoms with Gasteiger partial charge in [-0.3, -0.25) is 14.4 Å². The lowest BCUT2D eigenvalue weighted by Crippen LogP contribution is -2.27. The summed E-state index contributed by atoms with van der Waals surface area (Å²) in [5.41, 5.74) is 1.86. The van der Waals surface area contributed by atoms with Gasteiger partial charge in [-0.05, 0) is 59.8 Å². The maximum absolute atomic E-state index is 12.8. The number of para-hydroxylation sites is 2. The minimum absolute atomic E-state index is 0.194. The molecule has 3 aromatic carbocycles. The molecule has 0 aliphatic carbocycles. The Morgan fingerprint density at radius 1 is 0.970 bits per heavy atom. The molecular formula is C25H20N2O5S. The maximum Gasteiger partial charge on any atom is 0.298 e. The van der Waals surface area contributed by atoms with Crippen LogP contribution < -0.4 is 19.7 Å². The van der Waals surface area contributed by atoms with E-state index in [0.29, 0.717) is 33.3 Å². The monoisotopic (exact) mass is 460 g/mol. The molecule has 3 aromatic rings. The second-order valence-corrected chi connectivity index (χ2v) is 7.96. The second kappa shape index (κ2) is 10.1. The third-order valence-corrected chi connectivity index (χ3v) is 5.58. The molecule has 1 saturated heterocycles. The van der Waals surface area contributed by atoms with E-state index in [1.54, 1.807) is 60.7 Å². The molecular weight excluding hydrogens is 440 g/mol. The molecule has 0 unspecified atom stereocenters. The van der Waals surface area contributed by atoms with E-state index in [1.807, 2.05) is 24.3 Å². The Balaban J connectivity index is 1.45. The third-order valence-electron chi connectivity index (χ3n) is 4.71. The van der Waals surface area contributed by atoms with Gasteiger partial charge in [0, 0.05) is 5.69 Å². The Morgan fingerprint density at radius 3 is 2.36 bits per heavy atom. The van der Waals surface area contributed by atoms with Crippen molar-refractivity contribution in [1.82, 2.24) is 0 Å². The van der Waals surface area contributed by atoms with Gasteiger partial charge in [0.05, 0.1) is 17.7 Å². The maximum atomic E-state index is 12.8. The van der Waals surface area contributed by atoms with Crippen molar-refractivity contribution < 1.29 is 23.9 Å². The van der Waals surface area contributed by atoms with E-state index in [1.165, 1.54) is 7.11 Å². The molecule has 0 bridgehead atoms. The second-order valence-electron chi connectivity index (χ2n) is 6.97. The molecule has 1 fully saturated rings. The lowest BCUT2D eigenvalue weighted by atomic mass is 10.2. The smallest absolute Gasteiger partial charge is 0.298 e. The lowest BCUT2D eigenvalue weighted by molar-refractivity contribution is -0.118. The van der Waals surface area contributed by atoms with Crippen LogP contribution in [0.5, 0.6) is 11.5 Å². The van der Waals surface area contributed by atoms with Crippen molar-refractivity contribution in [3.8, 4) is 11.5 Å². The lowest BCUT2D eigenvalue weighted by Gasteiger charge is -2.12. The first kappa shape index (κ1) is 22.2. The number of carbonyl (C=O) groups excluding carboxylic acids is 3. The van der Waals surface area contributed by atoms with Crippen LogP contribution in [-0.2, 0) is 9.59 Å². The fourth-order valence-electron chi connectivity index (χ4n) is 3.17. The van der Waals surface area contributed by atoms with Crippen LogP contribution in [0.3, 0.4) is 0 Å². The van der Waals surface area contributed by atoms with E-state index in [2.05, 4.69) is 5.32 Å². The minimum atomic E-state index is -0.381. The van der Waals surface area contributed by atoms with Gasteiger partial charge < -0.3 is 14.8 Å². The van der Waals surface area contributed by atoms with E-state index in [4.69, 9.17) is 9.47 Å². The summed E-state index contributed by atoms with van der Waals surface area (Å²) in [6.45, 7) is -0.194. The van der Waals surface area contributed by atoms with Crippen molar-refractivity contribution in [3.63, 3.8) is 0 Å². The van der Waals surface area contributed by atoms with Gasteiger partial charge in [-0.15, -0.1) is 0 Å². The summed E-state index contributed by atoms with van der Waals surface area (Å²) in [4.78, 5) is 38.8. The number of imide groups is 1. The average molecular weight is 461 g/mol. The number of hydrogen-bond donors (Lipinski definition) is 1. The number of nitrogens with one attached hydrogen (secondary N) is 1. The third kappa shape index (κ3) is 5.24. The van der Waals surface area contributed by atoms with Crippen molar-refractivity contribution in [2.45, 2.75) is 0 Å². The molecule has 0 radical (unpaired) electrons. The van der Waals surface area contributed by atoms with Gasteiger partial charge in [0.1, 0.15) is 0 Å². The first-order valence-corrected chi connectivity index (χ1v) is 10.9. The summed E-state index contributed by atoms with van der Waals surface area (Å²) in [5.74, 6) is 0.101. The first-order valence-electron chi connectivity index (χ1n) is 10.0. The molecule has 3 amide bonds. The van der Waals surface area contributed by atoms with E-state index in [-0.39, 0.29) is 23.7 Å². The van der Waals surface area contributed by atoms with Crippen molar-refractivity contribution in [3.05, 3.63) is 89.3 Å². The van der Waals surface area contributed by atoms with Crippen LogP contribution in [0.2, 0.25) is 0 Å². The van der Waals surface area contributed by atoms with Crippen LogP contribution in [0.25, 0.3) is 6.08 Å². The Bertz CT molecular complexity index is 1210. The number of nitrogens with zero attached hydrogens (tertiary/aromatic N) is 1. The van der Waals surface area contributed by atoms with Crippen molar-refractivity contribution >= 4 is 46.3 Å². The molecule has 0 atom stereocenters. The molecule has 4 rings (SSSR count). The summed E-state index contributed by atoms with van der Waals surface area (Å²) in [6, 6.07) is 22.9. The van der Waals surface area contributed by atoms with Gasteiger partial charge in [-0.25, -0.2) is 4.90 Å². The molecule has 0 aromatic heterocycles. The Hall–Kier alpha value is -4.04. The molecule has 33 heavy (non-hydrogen) atoms. The van der Waals surface area contributed by atoms with Crippen LogP contribution in [-0.4, -0.2) is 30.8 Å². The number of anilines is 2. The normalized spacial score (nSPS) is 14.5. The number of thioether (sulfide) groups is 1. The number of hydrogen-bond acceptors (Lipinski definition) is 6. The summed E-state index contributed by atoms with van der Waals surface area (Å²) in [6.07, 6.45) is 1.63. The predicted molar refractivity (Wildman–Crippen MR) is 128 cm³/mol. The van der Waals surface area contributed by atoms with Crippen LogP contribution in [0.4, 0.5) is 16.2 Å². The predicted octanol–water partition coefficient (Wildman–Crippen LogP) is 4.95. The molecule has 0 spiro atoms. The van der Waals surface area contributed by atoms with Crippen molar-refractivity contribution in [1.29, 1.82) is 0 Å². The number of methoxy groups -OCH3 is 1. The van der Waals surface area contributed by atoms with E-state index in [0.717, 1.165) is 16.7 Å². The van der Waals surface area contributed by atoms with E-state index >= 15 is 0 Å². The Labute approximate surface area is 195 Å². The molecule has 1 aliphatic rings. The molecule has 7 nitrogen and oxygen atoms in total. The van der Waals surface area contributed by atoms with Crippen LogP contribution in [0.15, 0.2) is 83.8 Å². The molecule has 1 N–H and O–H groups in total. The molecule has 166 valence electrons. The SMILES string of the molecule is COc1cc(C=C2SC(=O)N(c3ccccc3)C2=O)ccc1OCC(=O)Nc1ccccc1. The molecule has 1 aliphatic heterocycles. The highest BCUT2D eigenvalue weighted by atomic mass is 32.2. The topological polar surface area (TPSA) is 84.9 Å². The highest BCUT2D eigenvalue weighted by Crippen LogP contribution is 2.36. The highest BCUT2D eigenvalue weighted by molar-refractivity contribution is 8.19. The number of rotatable bonds is 7. The van der Waals surface area contributed by atoms with Crippen LogP contribution in [0.1, 0.15) is 5.56 Å². The Morgan fingerprint density at radius 2 is 1.67 bits per heavy atom. The highest BCUT2D eigenvalue weighted by Gasteiger charge is 2.36. The van der Waals surface area contributed by atoms with Gasteiger partial charge in [-0.1, -0.05) is 42.5 Å². The fourth-order valence-corrected chi connectivity index (χ4v) is 4.02. The fraction of sp³-hybridized carbons (Fsp3) is 0.0800. The van der Waals surface area contributed by atoms with E-state index < -0.39 is 0 Å². The number of benzene rings is 3. The van der Waals surface area contributed by atoms with E-state index in [9.17, 15) is 14.4 Å². The summed E-state index contributed by atoms with van der Waals surface area (Å²) >= 11 is 0.878. The van der Waals surface area contributed by atoms with Gasteiger partial charge in [0.25, 0.3) is 17.1 Å². The van der Waals surface area contributed by atoms with Gasteiger partial charge >= 0.3 is 0 Å². The number of amides is 3. The zero-order chi connectivity index (χ0) is 23.2. The standard InChI is InChI=1S/C25H20N2O5S/c1-31-21-14-17(12-13-20(21)32-16-23(28)26-18-8-4-2-5-9-18)15-22-24(29)27(25(30)33-22)19-10-6-3-7-11-19/h2-15H,16H2,1H3,(H,26,28). The number of carbonyl (C=O) groups is 3. The van der Waals surface area contributed by atoms with Crippen molar-refractivity contribution in [2.75, 3.05) is 23.9 Å². The molecule has 0 saturated carbocycles. The summed E-state index contributed by atoms with van der Waals surface area (Å²) in [5, 5.41) is 2.39. The van der Waals surface area contributed by atoms with Gasteiger partial charge in [-0.2, -0.15) is 0 Å². The zero-order valence-corrected chi connectivity index (χ0v) is 18.5. The average Bonchev–Trinajstić information content (AvgIpc) is 3.11. The minimum Gasteiger partial charge on any atom is -0.493 e. The van der Waals surface area contributed by atoms with Crippen LogP contribution >= 0.6 is 11.8 Å². The van der Waals surface area contributed by atoms with Gasteiger partial charge in [0.15, 0.2) is 18.1 Å². The Kier molecular flexibility index (Phi) is 6.75. The number of ether oxygens (including phenoxy) is 2. The van der Waals surface area contributed by atoms with Crippen molar-refractivity contribution in [2.24, 2.45) is 0 Å². The molecule has 1 heterocycles. The quantitative estimate of drug-likeness (QED) is 0.502. The van der Waals surface area contributed by atoms with Crippen LogP contribution in [0, 0.1) is 0 Å². The largest absolute Gasteiger partial charge is 0.493 e. The van der Waals surface area contributed by atoms with Gasteiger partial charge in [0.2, 0.25) is 0 Å². The summed E-state index contributed by atoms with van der Waals surface area (Å²) in [7, 11) is 1.49. The first-order chi connectivity index (χ1) is 16.0. The summed E-state index contributed by atoms with van der Waals surface area (Å²) < 4.78 is 11.0.